The van der Waals surface area contributed by atoms with Gasteiger partial charge in [-0.1, -0.05) is 13.8 Å². The molecule has 2 aromatic heterocycles. The molecule has 1 unspecified atom stereocenters. The van der Waals surface area contributed by atoms with Crippen LogP contribution in [0, 0.1) is 0 Å². The fraction of sp³-hybridized carbons (Fsp3) is 0.688. The van der Waals surface area contributed by atoms with Gasteiger partial charge in [0.15, 0.2) is 0 Å². The maximum absolute atomic E-state index is 5.09. The summed E-state index contributed by atoms with van der Waals surface area (Å²) in [5.41, 5.74) is 1.23. The van der Waals surface area contributed by atoms with Crippen LogP contribution in [0.2, 0.25) is 0 Å². The second kappa shape index (κ2) is 6.80. The fourth-order valence-electron chi connectivity index (χ4n) is 3.12. The van der Waals surface area contributed by atoms with Gasteiger partial charge < -0.3 is 9.30 Å². The lowest BCUT2D eigenvalue weighted by molar-refractivity contribution is 0.154. The summed E-state index contributed by atoms with van der Waals surface area (Å²) in [6, 6.07) is 0.270. The summed E-state index contributed by atoms with van der Waals surface area (Å²) < 4.78 is 9.32. The molecule has 7 heteroatoms. The van der Waals surface area contributed by atoms with Crippen molar-refractivity contribution in [2.24, 2.45) is 0 Å². The van der Waals surface area contributed by atoms with E-state index in [0.717, 1.165) is 37.8 Å². The normalized spacial score (nSPS) is 18.6. The number of ether oxygens (including phenoxy) is 1. The molecular formula is C16H26N6O. The van der Waals surface area contributed by atoms with E-state index in [2.05, 4.69) is 51.7 Å². The van der Waals surface area contributed by atoms with Gasteiger partial charge in [-0.25, -0.2) is 0 Å². The summed E-state index contributed by atoms with van der Waals surface area (Å²) in [6.07, 6.45) is 4.05. The van der Waals surface area contributed by atoms with Crippen molar-refractivity contribution in [1.29, 1.82) is 0 Å². The quantitative estimate of drug-likeness (QED) is 0.813. The van der Waals surface area contributed by atoms with Crippen LogP contribution in [0.15, 0.2) is 12.4 Å². The Morgan fingerprint density at radius 2 is 2.13 bits per heavy atom. The van der Waals surface area contributed by atoms with Gasteiger partial charge in [0, 0.05) is 44.4 Å². The number of rotatable bonds is 6. The highest BCUT2D eigenvalue weighted by Crippen LogP contribution is 2.27. The molecule has 0 fully saturated rings. The van der Waals surface area contributed by atoms with E-state index in [-0.39, 0.29) is 6.04 Å². The lowest BCUT2D eigenvalue weighted by atomic mass is 10.1. The second-order valence-electron chi connectivity index (χ2n) is 6.47. The zero-order valence-corrected chi connectivity index (χ0v) is 14.4. The second-order valence-corrected chi connectivity index (χ2v) is 6.47. The average molecular weight is 318 g/mol. The molecule has 0 amide bonds. The third-order valence-electron chi connectivity index (χ3n) is 4.45. The van der Waals surface area contributed by atoms with Crippen LogP contribution >= 0.6 is 0 Å². The van der Waals surface area contributed by atoms with E-state index in [1.54, 1.807) is 7.11 Å². The molecular weight excluding hydrogens is 292 g/mol. The van der Waals surface area contributed by atoms with Crippen molar-refractivity contribution in [3.8, 4) is 0 Å². The van der Waals surface area contributed by atoms with Crippen molar-refractivity contribution >= 4 is 0 Å². The Kier molecular flexibility index (Phi) is 4.77. The van der Waals surface area contributed by atoms with Gasteiger partial charge in [0.2, 0.25) is 0 Å². The number of nitrogens with zero attached hydrogens (tertiary/aromatic N) is 6. The predicted molar refractivity (Wildman–Crippen MR) is 87.0 cm³/mol. The molecule has 1 atom stereocenters. The van der Waals surface area contributed by atoms with Gasteiger partial charge >= 0.3 is 0 Å². The summed E-state index contributed by atoms with van der Waals surface area (Å²) in [7, 11) is 1.71. The number of hydrogen-bond donors (Lipinski definition) is 0. The first-order valence-corrected chi connectivity index (χ1v) is 8.27. The molecule has 3 rings (SSSR count). The standard InChI is InChI=1S/C16H26N6O/c1-12(2)15-18-19-16-13(3)20(5-6-22(15)16)10-14-9-17-21(11-14)7-8-23-4/h9,11-13H,5-8,10H2,1-4H3. The van der Waals surface area contributed by atoms with Crippen LogP contribution in [0.3, 0.4) is 0 Å². The molecule has 0 saturated carbocycles. The van der Waals surface area contributed by atoms with Gasteiger partial charge in [-0.05, 0) is 6.92 Å². The fourth-order valence-corrected chi connectivity index (χ4v) is 3.12. The Morgan fingerprint density at radius 1 is 1.30 bits per heavy atom. The van der Waals surface area contributed by atoms with Crippen LogP contribution in [0.25, 0.3) is 0 Å². The lowest BCUT2D eigenvalue weighted by Gasteiger charge is -2.33. The minimum absolute atomic E-state index is 0.270. The van der Waals surface area contributed by atoms with Crippen LogP contribution in [-0.4, -0.2) is 49.7 Å². The van der Waals surface area contributed by atoms with E-state index in [4.69, 9.17) is 4.74 Å². The molecule has 0 radical (unpaired) electrons. The predicted octanol–water partition coefficient (Wildman–Crippen LogP) is 1.82. The number of hydrogen-bond acceptors (Lipinski definition) is 5. The number of methoxy groups -OCH3 is 1. The molecule has 23 heavy (non-hydrogen) atoms. The van der Waals surface area contributed by atoms with Gasteiger partial charge in [0.1, 0.15) is 11.6 Å². The Bertz CT molecular complexity index is 647. The molecule has 0 saturated heterocycles. The van der Waals surface area contributed by atoms with E-state index in [9.17, 15) is 0 Å². The van der Waals surface area contributed by atoms with Crippen LogP contribution in [0.1, 0.15) is 49.9 Å². The van der Waals surface area contributed by atoms with Crippen molar-refractivity contribution in [3.05, 3.63) is 29.6 Å². The zero-order chi connectivity index (χ0) is 16.4. The minimum atomic E-state index is 0.270. The van der Waals surface area contributed by atoms with Gasteiger partial charge in [-0.15, -0.1) is 10.2 Å². The SMILES string of the molecule is COCCn1cc(CN2CCn3c(C(C)C)nnc3C2C)cn1. The molecule has 0 bridgehead atoms. The van der Waals surface area contributed by atoms with E-state index in [1.807, 2.05) is 10.9 Å². The Morgan fingerprint density at radius 3 is 2.87 bits per heavy atom. The van der Waals surface area contributed by atoms with Crippen LogP contribution in [0.5, 0.6) is 0 Å². The molecule has 7 nitrogen and oxygen atoms in total. The Balaban J connectivity index is 1.69. The molecule has 0 N–H and O–H groups in total. The first-order chi connectivity index (χ1) is 11.1. The van der Waals surface area contributed by atoms with E-state index in [1.165, 1.54) is 5.56 Å². The third-order valence-corrected chi connectivity index (χ3v) is 4.45. The summed E-state index contributed by atoms with van der Waals surface area (Å²) >= 11 is 0. The van der Waals surface area contributed by atoms with Gasteiger partial charge in [-0.2, -0.15) is 5.10 Å². The molecule has 0 spiro atoms. The van der Waals surface area contributed by atoms with E-state index in [0.29, 0.717) is 12.5 Å². The lowest BCUT2D eigenvalue weighted by Crippen LogP contribution is -2.37. The summed E-state index contributed by atoms with van der Waals surface area (Å²) in [5.74, 6) is 2.58. The van der Waals surface area contributed by atoms with Crippen molar-refractivity contribution in [1.82, 2.24) is 29.4 Å². The number of fused-ring (bicyclic) bond motifs is 1. The average Bonchev–Trinajstić information content (AvgIpc) is 3.15. The molecule has 0 aliphatic carbocycles. The minimum Gasteiger partial charge on any atom is -0.383 e. The Labute approximate surface area is 137 Å². The molecule has 126 valence electrons. The molecule has 1 aliphatic rings. The highest BCUT2D eigenvalue weighted by atomic mass is 16.5. The summed E-state index contributed by atoms with van der Waals surface area (Å²) in [4.78, 5) is 2.44. The molecule has 0 aromatic carbocycles. The molecule has 2 aromatic rings. The van der Waals surface area contributed by atoms with Crippen molar-refractivity contribution in [3.63, 3.8) is 0 Å². The van der Waals surface area contributed by atoms with Crippen molar-refractivity contribution in [2.45, 2.75) is 52.4 Å². The van der Waals surface area contributed by atoms with Crippen molar-refractivity contribution < 1.29 is 4.74 Å². The van der Waals surface area contributed by atoms with Crippen LogP contribution < -0.4 is 0 Å². The van der Waals surface area contributed by atoms with E-state index >= 15 is 0 Å². The maximum Gasteiger partial charge on any atom is 0.150 e. The van der Waals surface area contributed by atoms with Gasteiger partial charge in [-0.3, -0.25) is 9.58 Å². The Hall–Kier alpha value is -1.73. The maximum atomic E-state index is 5.09. The molecule has 1 aliphatic heterocycles. The highest BCUT2D eigenvalue weighted by molar-refractivity contribution is 5.09. The zero-order valence-electron chi connectivity index (χ0n) is 14.4. The third kappa shape index (κ3) is 3.30. The van der Waals surface area contributed by atoms with Crippen LogP contribution in [-0.2, 0) is 24.4 Å². The summed E-state index contributed by atoms with van der Waals surface area (Å²) in [5, 5.41) is 13.2. The summed E-state index contributed by atoms with van der Waals surface area (Å²) in [6.45, 7) is 10.9. The largest absolute Gasteiger partial charge is 0.383 e. The van der Waals surface area contributed by atoms with E-state index < -0.39 is 0 Å². The van der Waals surface area contributed by atoms with Gasteiger partial charge in [0.25, 0.3) is 0 Å². The topological polar surface area (TPSA) is 61.0 Å². The smallest absolute Gasteiger partial charge is 0.150 e. The first-order valence-electron chi connectivity index (χ1n) is 8.27. The van der Waals surface area contributed by atoms with Crippen LogP contribution in [0.4, 0.5) is 0 Å². The van der Waals surface area contributed by atoms with Gasteiger partial charge in [0.05, 0.1) is 25.4 Å². The van der Waals surface area contributed by atoms with Crippen molar-refractivity contribution in [2.75, 3.05) is 20.3 Å². The molecule has 3 heterocycles. The first kappa shape index (κ1) is 16.1. The monoisotopic (exact) mass is 318 g/mol. The number of aromatic nitrogens is 5. The highest BCUT2D eigenvalue weighted by Gasteiger charge is 2.28.